The molecule has 1 aliphatic rings. The molecule has 0 saturated carbocycles. The van der Waals surface area contributed by atoms with E-state index >= 15 is 0 Å². The van der Waals surface area contributed by atoms with Crippen LogP contribution in [0.3, 0.4) is 0 Å². The zero-order valence-electron chi connectivity index (χ0n) is 18.3. The second kappa shape index (κ2) is 8.55. The maximum Gasteiger partial charge on any atom is 0.410 e. The van der Waals surface area contributed by atoms with Gasteiger partial charge in [0, 0.05) is 31.7 Å². The summed E-state index contributed by atoms with van der Waals surface area (Å²) in [4.78, 5) is 18.5. The van der Waals surface area contributed by atoms with Gasteiger partial charge >= 0.3 is 6.09 Å². The topological polar surface area (TPSA) is 97.8 Å². The number of carbonyl (C=O) groups excluding carboxylic acids is 1. The van der Waals surface area contributed by atoms with Crippen LogP contribution in [0.15, 0.2) is 42.6 Å². The highest BCUT2D eigenvalue weighted by Gasteiger charge is 2.29. The minimum absolute atomic E-state index is 0.238. The van der Waals surface area contributed by atoms with Crippen molar-refractivity contribution in [2.75, 3.05) is 25.0 Å². The predicted molar refractivity (Wildman–Crippen MR) is 121 cm³/mol. The molecule has 0 aliphatic carbocycles. The molecule has 3 heterocycles. The molecule has 31 heavy (non-hydrogen) atoms. The molecule has 1 saturated heterocycles. The van der Waals surface area contributed by atoms with E-state index in [0.717, 1.165) is 47.8 Å². The zero-order valence-corrected chi connectivity index (χ0v) is 18.3. The van der Waals surface area contributed by atoms with Crippen LogP contribution in [0.5, 0.6) is 0 Å². The molecule has 0 radical (unpaired) electrons. The van der Waals surface area contributed by atoms with Gasteiger partial charge < -0.3 is 20.7 Å². The largest absolute Gasteiger partial charge is 0.444 e. The van der Waals surface area contributed by atoms with Crippen molar-refractivity contribution in [3.63, 3.8) is 0 Å². The molecule has 164 valence electrons. The quantitative estimate of drug-likeness (QED) is 0.653. The Morgan fingerprint density at radius 2 is 2.00 bits per heavy atom. The molecular formula is C23H30N6O2. The van der Waals surface area contributed by atoms with E-state index < -0.39 is 5.60 Å². The first kappa shape index (κ1) is 21.1. The predicted octanol–water partition coefficient (Wildman–Crippen LogP) is 3.52. The molecule has 1 amide bonds. The highest BCUT2D eigenvalue weighted by atomic mass is 16.6. The monoisotopic (exact) mass is 422 g/mol. The van der Waals surface area contributed by atoms with E-state index in [9.17, 15) is 4.79 Å². The molecule has 1 fully saturated rings. The minimum atomic E-state index is -0.472. The fourth-order valence-corrected chi connectivity index (χ4v) is 3.72. The van der Waals surface area contributed by atoms with E-state index in [1.807, 2.05) is 67.9 Å². The first-order valence-corrected chi connectivity index (χ1v) is 10.7. The molecule has 8 nitrogen and oxygen atoms in total. The van der Waals surface area contributed by atoms with Gasteiger partial charge in [0.05, 0.1) is 11.9 Å². The van der Waals surface area contributed by atoms with Crippen molar-refractivity contribution in [3.8, 4) is 11.3 Å². The van der Waals surface area contributed by atoms with Gasteiger partial charge in [0.2, 0.25) is 0 Å². The van der Waals surface area contributed by atoms with Crippen LogP contribution in [0.25, 0.3) is 16.9 Å². The number of aromatic nitrogens is 3. The summed E-state index contributed by atoms with van der Waals surface area (Å²) in [6.07, 6.45) is 2.54. The highest BCUT2D eigenvalue weighted by Crippen LogP contribution is 2.23. The van der Waals surface area contributed by atoms with Crippen molar-refractivity contribution in [2.45, 2.75) is 39.3 Å². The van der Waals surface area contributed by atoms with Crippen molar-refractivity contribution >= 4 is 17.6 Å². The van der Waals surface area contributed by atoms with E-state index in [-0.39, 0.29) is 6.09 Å². The third kappa shape index (κ3) is 4.96. The number of hydrogen-bond donors (Lipinski definition) is 2. The van der Waals surface area contributed by atoms with Crippen LogP contribution in [0.1, 0.15) is 32.8 Å². The number of anilines is 1. The highest BCUT2D eigenvalue weighted by molar-refractivity contribution is 5.68. The van der Waals surface area contributed by atoms with Gasteiger partial charge in [0.25, 0.3) is 0 Å². The standard InChI is InChI=1S/C23H30N6O2/c1-23(2,3)31-22(30)28-11-10-17(15-28)13-25-20-8-9-21-26-14-19(29(21)27-20)18-6-4-16(12-24)5-7-18/h4-9,14,17H,10-13,15,24H2,1-3H3,(H,25,27). The minimum Gasteiger partial charge on any atom is -0.444 e. The molecule has 1 aliphatic heterocycles. The van der Waals surface area contributed by atoms with E-state index in [1.165, 1.54) is 0 Å². The number of fused-ring (bicyclic) bond motifs is 1. The lowest BCUT2D eigenvalue weighted by Crippen LogP contribution is -2.35. The Hall–Kier alpha value is -3.13. The summed E-state index contributed by atoms with van der Waals surface area (Å²) in [5, 5.41) is 8.15. The lowest BCUT2D eigenvalue weighted by Gasteiger charge is -2.24. The van der Waals surface area contributed by atoms with Gasteiger partial charge in [-0.1, -0.05) is 24.3 Å². The normalized spacial score (nSPS) is 16.6. The van der Waals surface area contributed by atoms with Crippen LogP contribution in [0.4, 0.5) is 10.6 Å². The smallest absolute Gasteiger partial charge is 0.410 e. The first-order valence-electron chi connectivity index (χ1n) is 10.7. The van der Waals surface area contributed by atoms with E-state index in [0.29, 0.717) is 19.0 Å². The summed E-state index contributed by atoms with van der Waals surface area (Å²) >= 11 is 0. The van der Waals surface area contributed by atoms with Crippen LogP contribution in [-0.4, -0.2) is 50.8 Å². The van der Waals surface area contributed by atoms with Crippen molar-refractivity contribution in [2.24, 2.45) is 11.7 Å². The van der Waals surface area contributed by atoms with Crippen LogP contribution in [0.2, 0.25) is 0 Å². The Balaban J connectivity index is 1.41. The average Bonchev–Trinajstić information content (AvgIpc) is 3.38. The molecule has 3 aromatic rings. The van der Waals surface area contributed by atoms with Gasteiger partial charge in [0.15, 0.2) is 5.65 Å². The van der Waals surface area contributed by atoms with E-state index in [4.69, 9.17) is 15.6 Å². The fraction of sp³-hybridized carbons (Fsp3) is 0.435. The Morgan fingerprint density at radius 1 is 1.23 bits per heavy atom. The Labute approximate surface area is 182 Å². The van der Waals surface area contributed by atoms with Crippen LogP contribution >= 0.6 is 0 Å². The molecule has 2 aromatic heterocycles. The number of benzene rings is 1. The molecule has 4 rings (SSSR count). The summed E-state index contributed by atoms with van der Waals surface area (Å²) in [6, 6.07) is 12.0. The SMILES string of the molecule is CC(C)(C)OC(=O)N1CCC(CNc2ccc3ncc(-c4ccc(CN)cc4)n3n2)C1. The van der Waals surface area contributed by atoms with E-state index in [1.54, 1.807) is 4.90 Å². The lowest BCUT2D eigenvalue weighted by molar-refractivity contribution is 0.0289. The van der Waals surface area contributed by atoms with Gasteiger partial charge in [-0.2, -0.15) is 0 Å². The second-order valence-electron chi connectivity index (χ2n) is 9.00. The van der Waals surface area contributed by atoms with Gasteiger partial charge in [-0.3, -0.25) is 0 Å². The van der Waals surface area contributed by atoms with Crippen molar-refractivity contribution in [1.82, 2.24) is 19.5 Å². The van der Waals surface area contributed by atoms with Crippen molar-refractivity contribution < 1.29 is 9.53 Å². The molecule has 1 aromatic carbocycles. The molecule has 0 spiro atoms. The van der Waals surface area contributed by atoms with E-state index in [2.05, 4.69) is 10.3 Å². The van der Waals surface area contributed by atoms with Crippen LogP contribution < -0.4 is 11.1 Å². The van der Waals surface area contributed by atoms with Gasteiger partial charge in [-0.25, -0.2) is 14.3 Å². The third-order valence-corrected chi connectivity index (χ3v) is 5.36. The fourth-order valence-electron chi connectivity index (χ4n) is 3.72. The molecule has 3 N–H and O–H groups in total. The number of hydrogen-bond acceptors (Lipinski definition) is 6. The number of nitrogens with zero attached hydrogens (tertiary/aromatic N) is 4. The number of rotatable bonds is 5. The molecule has 1 unspecified atom stereocenters. The Kier molecular flexibility index (Phi) is 5.82. The first-order chi connectivity index (χ1) is 14.8. The maximum atomic E-state index is 12.3. The van der Waals surface area contributed by atoms with Crippen molar-refractivity contribution in [1.29, 1.82) is 0 Å². The average molecular weight is 423 g/mol. The molecule has 1 atom stereocenters. The maximum absolute atomic E-state index is 12.3. The number of nitrogens with two attached hydrogens (primary N) is 1. The van der Waals surface area contributed by atoms with Gasteiger partial charge in [-0.05, 0) is 50.8 Å². The molecular weight excluding hydrogens is 392 g/mol. The number of nitrogens with one attached hydrogen (secondary N) is 1. The molecule has 8 heteroatoms. The zero-order chi connectivity index (χ0) is 22.0. The molecule has 0 bridgehead atoms. The summed E-state index contributed by atoms with van der Waals surface area (Å²) in [6.45, 7) is 8.34. The second-order valence-corrected chi connectivity index (χ2v) is 9.00. The summed E-state index contributed by atoms with van der Waals surface area (Å²) in [5.74, 6) is 1.14. The van der Waals surface area contributed by atoms with Crippen molar-refractivity contribution in [3.05, 3.63) is 48.2 Å². The number of amides is 1. The number of imidazole rings is 1. The van der Waals surface area contributed by atoms with Crippen LogP contribution in [0, 0.1) is 5.92 Å². The lowest BCUT2D eigenvalue weighted by atomic mass is 10.1. The number of ether oxygens (including phenoxy) is 1. The number of carbonyl (C=O) groups is 1. The summed E-state index contributed by atoms with van der Waals surface area (Å²) < 4.78 is 7.33. The Morgan fingerprint density at radius 3 is 2.71 bits per heavy atom. The third-order valence-electron chi connectivity index (χ3n) is 5.36. The van der Waals surface area contributed by atoms with Gasteiger partial charge in [-0.15, -0.1) is 5.10 Å². The number of likely N-dealkylation sites (tertiary alicyclic amines) is 1. The van der Waals surface area contributed by atoms with Gasteiger partial charge in [0.1, 0.15) is 11.4 Å². The summed E-state index contributed by atoms with van der Waals surface area (Å²) in [7, 11) is 0. The van der Waals surface area contributed by atoms with Crippen LogP contribution in [-0.2, 0) is 11.3 Å². The summed E-state index contributed by atoms with van der Waals surface area (Å²) in [5.41, 5.74) is 9.08. The Bertz CT molecular complexity index is 1050.